The molecule has 0 saturated heterocycles. The molecule has 0 aliphatic carbocycles. The summed E-state index contributed by atoms with van der Waals surface area (Å²) in [5.74, 6) is 0.695. The minimum atomic E-state index is 0. The SMILES string of the molecule is COc1cc([N+]#N)ccc1N(C)C.Cl.[Cl-].[Zn]. The number of diazo groups is 1. The van der Waals surface area contributed by atoms with Gasteiger partial charge in [-0.25, -0.2) is 0 Å². The number of benzene rings is 1. The van der Waals surface area contributed by atoms with Gasteiger partial charge in [0.15, 0.2) is 4.98 Å². The molecule has 0 aliphatic rings. The first-order valence-corrected chi connectivity index (χ1v) is 3.89. The summed E-state index contributed by atoms with van der Waals surface area (Å²) in [6, 6.07) is 5.24. The van der Waals surface area contributed by atoms with Crippen molar-refractivity contribution < 1.29 is 36.6 Å². The first kappa shape index (κ1) is 20.8. The zero-order chi connectivity index (χ0) is 9.84. The normalized spacial score (nSPS) is 7.38. The topological polar surface area (TPSA) is 40.6 Å². The van der Waals surface area contributed by atoms with Crippen molar-refractivity contribution in [2.75, 3.05) is 26.1 Å². The Bertz CT molecular complexity index is 355. The van der Waals surface area contributed by atoms with E-state index in [9.17, 15) is 0 Å². The Morgan fingerprint density at radius 1 is 1.31 bits per heavy atom. The number of anilines is 1. The van der Waals surface area contributed by atoms with Crippen LogP contribution in [0.1, 0.15) is 0 Å². The molecule has 0 spiro atoms. The number of ether oxygens (including phenoxy) is 1. The van der Waals surface area contributed by atoms with E-state index in [4.69, 9.17) is 10.1 Å². The van der Waals surface area contributed by atoms with Gasteiger partial charge in [-0.3, -0.25) is 0 Å². The molecule has 0 heterocycles. The average molecular weight is 316 g/mol. The summed E-state index contributed by atoms with van der Waals surface area (Å²) < 4.78 is 5.14. The van der Waals surface area contributed by atoms with Gasteiger partial charge in [0.05, 0.1) is 18.9 Å². The molecule has 0 bridgehead atoms. The van der Waals surface area contributed by atoms with E-state index in [2.05, 4.69) is 4.98 Å². The van der Waals surface area contributed by atoms with Crippen LogP contribution in [0.15, 0.2) is 18.2 Å². The molecule has 0 fully saturated rings. The molecule has 1 aromatic rings. The molecular formula is C9H13Cl2N3OZn. The molecule has 1 rings (SSSR count). The smallest absolute Gasteiger partial charge is 0.388 e. The van der Waals surface area contributed by atoms with E-state index in [-0.39, 0.29) is 44.3 Å². The Morgan fingerprint density at radius 3 is 2.25 bits per heavy atom. The van der Waals surface area contributed by atoms with Crippen molar-refractivity contribution in [3.8, 4) is 5.75 Å². The average Bonchev–Trinajstić information content (AvgIpc) is 2.16. The fourth-order valence-electron chi connectivity index (χ4n) is 1.10. The number of hydrogen-bond donors (Lipinski definition) is 0. The van der Waals surface area contributed by atoms with Gasteiger partial charge in [0, 0.05) is 39.6 Å². The number of halogens is 2. The van der Waals surface area contributed by atoms with Crippen LogP contribution in [-0.2, 0) is 19.5 Å². The minimum Gasteiger partial charge on any atom is -1.00 e. The Morgan fingerprint density at radius 2 is 1.88 bits per heavy atom. The van der Waals surface area contributed by atoms with Gasteiger partial charge in [-0.05, 0) is 6.07 Å². The Labute approximate surface area is 121 Å². The van der Waals surface area contributed by atoms with Gasteiger partial charge in [0.1, 0.15) is 5.75 Å². The molecule has 0 aliphatic heterocycles. The zero-order valence-electron chi connectivity index (χ0n) is 9.48. The Balaban J connectivity index is -0.000000563. The molecule has 0 amide bonds. The van der Waals surface area contributed by atoms with Crippen molar-refractivity contribution in [2.24, 2.45) is 0 Å². The van der Waals surface area contributed by atoms with Gasteiger partial charge in [-0.1, -0.05) is 0 Å². The predicted molar refractivity (Wildman–Crippen MR) is 59.3 cm³/mol. The fourth-order valence-corrected chi connectivity index (χ4v) is 1.10. The summed E-state index contributed by atoms with van der Waals surface area (Å²) >= 11 is 0. The molecule has 4 nitrogen and oxygen atoms in total. The van der Waals surface area contributed by atoms with Crippen LogP contribution in [0.5, 0.6) is 5.75 Å². The molecule has 0 atom stereocenters. The van der Waals surface area contributed by atoms with Crippen molar-refractivity contribution in [3.05, 3.63) is 23.2 Å². The third kappa shape index (κ3) is 4.98. The molecule has 0 radical (unpaired) electrons. The minimum absolute atomic E-state index is 0. The maximum Gasteiger partial charge on any atom is 0.388 e. The third-order valence-corrected chi connectivity index (χ3v) is 1.76. The van der Waals surface area contributed by atoms with E-state index in [1.807, 2.05) is 25.1 Å². The van der Waals surface area contributed by atoms with E-state index in [0.29, 0.717) is 11.4 Å². The number of rotatable bonds is 2. The second kappa shape index (κ2) is 9.65. The van der Waals surface area contributed by atoms with Crippen LogP contribution in [0.3, 0.4) is 0 Å². The van der Waals surface area contributed by atoms with Crippen LogP contribution >= 0.6 is 12.4 Å². The van der Waals surface area contributed by atoms with Crippen LogP contribution in [0.4, 0.5) is 11.4 Å². The summed E-state index contributed by atoms with van der Waals surface area (Å²) in [6.45, 7) is 0. The van der Waals surface area contributed by atoms with Crippen molar-refractivity contribution >= 4 is 23.8 Å². The third-order valence-electron chi connectivity index (χ3n) is 1.76. The summed E-state index contributed by atoms with van der Waals surface area (Å²) in [5, 5.41) is 8.54. The first-order valence-electron chi connectivity index (χ1n) is 3.89. The molecule has 86 valence electrons. The van der Waals surface area contributed by atoms with Gasteiger partial charge in [0.2, 0.25) is 5.39 Å². The number of nitrogens with zero attached hydrogens (tertiary/aromatic N) is 3. The van der Waals surface area contributed by atoms with Crippen molar-refractivity contribution in [2.45, 2.75) is 0 Å². The number of methoxy groups -OCH3 is 1. The van der Waals surface area contributed by atoms with Gasteiger partial charge >= 0.3 is 5.69 Å². The summed E-state index contributed by atoms with van der Waals surface area (Å²) in [4.78, 5) is 5.01. The van der Waals surface area contributed by atoms with Crippen molar-refractivity contribution in [1.29, 1.82) is 5.39 Å². The van der Waals surface area contributed by atoms with E-state index in [1.54, 1.807) is 19.2 Å². The van der Waals surface area contributed by atoms with Gasteiger partial charge in [-0.2, -0.15) is 0 Å². The summed E-state index contributed by atoms with van der Waals surface area (Å²) in [7, 11) is 5.44. The van der Waals surface area contributed by atoms with Crippen LogP contribution in [0.2, 0.25) is 0 Å². The van der Waals surface area contributed by atoms with E-state index in [0.717, 1.165) is 5.69 Å². The Hall–Kier alpha value is -0.557. The van der Waals surface area contributed by atoms with Crippen LogP contribution in [-0.4, -0.2) is 21.2 Å². The van der Waals surface area contributed by atoms with Crippen molar-refractivity contribution in [1.82, 2.24) is 0 Å². The fraction of sp³-hybridized carbons (Fsp3) is 0.333. The predicted octanol–water partition coefficient (Wildman–Crippen LogP) is -0.331. The summed E-state index contributed by atoms with van der Waals surface area (Å²) in [5.41, 5.74) is 1.44. The van der Waals surface area contributed by atoms with Crippen LogP contribution in [0, 0.1) is 5.39 Å². The molecule has 0 unspecified atom stereocenters. The van der Waals surface area contributed by atoms with Gasteiger partial charge < -0.3 is 22.0 Å². The second-order valence-electron chi connectivity index (χ2n) is 2.85. The second-order valence-corrected chi connectivity index (χ2v) is 2.85. The Kier molecular flexibility index (Phi) is 12.6. The van der Waals surface area contributed by atoms with Gasteiger partial charge in [-0.15, -0.1) is 12.4 Å². The van der Waals surface area contributed by atoms with E-state index in [1.165, 1.54) is 0 Å². The standard InChI is InChI=1S/C9H12N3O.2ClH.Zn/c1-12(2)8-5-4-7(11-10)6-9(8)13-3;;;/h4-6H,1-3H3;2*1H;/q+1;;;/p-1. The van der Waals surface area contributed by atoms with E-state index >= 15 is 0 Å². The van der Waals surface area contributed by atoms with Crippen LogP contribution < -0.4 is 22.0 Å². The largest absolute Gasteiger partial charge is 1.00 e. The monoisotopic (exact) mass is 313 g/mol. The molecule has 16 heavy (non-hydrogen) atoms. The molecule has 0 saturated carbocycles. The zero-order valence-corrected chi connectivity index (χ0v) is 14.0. The quantitative estimate of drug-likeness (QED) is 0.554. The molecular weight excluding hydrogens is 302 g/mol. The summed E-state index contributed by atoms with van der Waals surface area (Å²) in [6.07, 6.45) is 0. The first-order chi connectivity index (χ1) is 6.19. The maximum atomic E-state index is 8.54. The molecule has 1 aromatic carbocycles. The number of hydrogen-bond acceptors (Lipinski definition) is 3. The molecule has 0 N–H and O–H groups in total. The molecule has 7 heteroatoms. The maximum absolute atomic E-state index is 8.54. The van der Waals surface area contributed by atoms with Gasteiger partial charge in [0.25, 0.3) is 0 Å². The van der Waals surface area contributed by atoms with Crippen LogP contribution in [0.25, 0.3) is 4.98 Å². The van der Waals surface area contributed by atoms with Crippen molar-refractivity contribution in [3.63, 3.8) is 0 Å². The molecule has 0 aromatic heterocycles. The van der Waals surface area contributed by atoms with E-state index < -0.39 is 0 Å².